The predicted octanol–water partition coefficient (Wildman–Crippen LogP) is 0.870. The van der Waals surface area contributed by atoms with E-state index in [2.05, 4.69) is 4.90 Å². The van der Waals surface area contributed by atoms with E-state index >= 15 is 0 Å². The summed E-state index contributed by atoms with van der Waals surface area (Å²) in [6.45, 7) is 6.95. The third-order valence-electron chi connectivity index (χ3n) is 2.41. The quantitative estimate of drug-likeness (QED) is 0.709. The number of rotatable bonds is 4. The van der Waals surface area contributed by atoms with Crippen molar-refractivity contribution >= 4 is 0 Å². The SMILES string of the molecule is CC(O)CCCN1CCCOCC1. The van der Waals surface area contributed by atoms with Gasteiger partial charge in [-0.05, 0) is 32.7 Å². The molecule has 1 unspecified atom stereocenters. The van der Waals surface area contributed by atoms with Crippen molar-refractivity contribution in [3.05, 3.63) is 0 Å². The van der Waals surface area contributed by atoms with Crippen LogP contribution in [0.4, 0.5) is 0 Å². The average Bonchev–Trinajstić information content (AvgIpc) is 2.32. The smallest absolute Gasteiger partial charge is 0.0593 e. The highest BCUT2D eigenvalue weighted by atomic mass is 16.5. The topological polar surface area (TPSA) is 32.7 Å². The molecule has 1 rings (SSSR count). The Kier molecular flexibility index (Phi) is 5.35. The molecule has 3 nitrogen and oxygen atoms in total. The van der Waals surface area contributed by atoms with Crippen LogP contribution < -0.4 is 0 Å². The molecule has 1 N–H and O–H groups in total. The van der Waals surface area contributed by atoms with Crippen LogP contribution in [0.25, 0.3) is 0 Å². The van der Waals surface area contributed by atoms with Gasteiger partial charge in [0.25, 0.3) is 0 Å². The van der Waals surface area contributed by atoms with Crippen molar-refractivity contribution in [2.24, 2.45) is 0 Å². The lowest BCUT2D eigenvalue weighted by atomic mass is 10.2. The molecule has 0 aliphatic carbocycles. The summed E-state index contributed by atoms with van der Waals surface area (Å²) >= 11 is 0. The standard InChI is InChI=1S/C10H21NO2/c1-10(12)4-2-5-11-6-3-8-13-9-7-11/h10,12H,2-9H2,1H3. The van der Waals surface area contributed by atoms with Gasteiger partial charge in [0.1, 0.15) is 0 Å². The number of ether oxygens (including phenoxy) is 1. The maximum absolute atomic E-state index is 9.09. The van der Waals surface area contributed by atoms with E-state index in [-0.39, 0.29) is 6.10 Å². The number of hydrogen-bond donors (Lipinski definition) is 1. The third-order valence-corrected chi connectivity index (χ3v) is 2.41. The lowest BCUT2D eigenvalue weighted by Gasteiger charge is -2.18. The van der Waals surface area contributed by atoms with Crippen molar-refractivity contribution in [2.75, 3.05) is 32.8 Å². The van der Waals surface area contributed by atoms with Crippen LogP contribution in [0, 0.1) is 0 Å². The number of aliphatic hydroxyl groups excluding tert-OH is 1. The van der Waals surface area contributed by atoms with E-state index in [1.807, 2.05) is 6.92 Å². The van der Waals surface area contributed by atoms with Crippen molar-refractivity contribution in [3.8, 4) is 0 Å². The second kappa shape index (κ2) is 6.35. The van der Waals surface area contributed by atoms with Crippen molar-refractivity contribution < 1.29 is 9.84 Å². The molecule has 1 heterocycles. The third kappa shape index (κ3) is 5.24. The Hall–Kier alpha value is -0.120. The molecule has 3 heteroatoms. The Labute approximate surface area is 80.7 Å². The number of aliphatic hydroxyl groups is 1. The van der Waals surface area contributed by atoms with Gasteiger partial charge in [-0.15, -0.1) is 0 Å². The minimum absolute atomic E-state index is 0.150. The van der Waals surface area contributed by atoms with Crippen LogP contribution >= 0.6 is 0 Å². The molecule has 1 aliphatic heterocycles. The van der Waals surface area contributed by atoms with Crippen molar-refractivity contribution in [2.45, 2.75) is 32.3 Å². The summed E-state index contributed by atoms with van der Waals surface area (Å²) < 4.78 is 5.36. The van der Waals surface area contributed by atoms with Gasteiger partial charge in [-0.3, -0.25) is 0 Å². The van der Waals surface area contributed by atoms with Gasteiger partial charge in [0.2, 0.25) is 0 Å². The van der Waals surface area contributed by atoms with Crippen LogP contribution in [0.2, 0.25) is 0 Å². The van der Waals surface area contributed by atoms with E-state index in [1.54, 1.807) is 0 Å². The lowest BCUT2D eigenvalue weighted by Crippen LogP contribution is -2.27. The van der Waals surface area contributed by atoms with Crippen molar-refractivity contribution in [1.29, 1.82) is 0 Å². The van der Waals surface area contributed by atoms with Gasteiger partial charge >= 0.3 is 0 Å². The Morgan fingerprint density at radius 3 is 3.00 bits per heavy atom. The van der Waals surface area contributed by atoms with Crippen LogP contribution in [0.15, 0.2) is 0 Å². The van der Waals surface area contributed by atoms with Gasteiger partial charge in [-0.25, -0.2) is 0 Å². The van der Waals surface area contributed by atoms with Crippen LogP contribution in [-0.4, -0.2) is 49.0 Å². The fourth-order valence-corrected chi connectivity index (χ4v) is 1.63. The highest BCUT2D eigenvalue weighted by Gasteiger charge is 2.08. The average molecular weight is 187 g/mol. The van der Waals surface area contributed by atoms with Crippen LogP contribution in [0.3, 0.4) is 0 Å². The van der Waals surface area contributed by atoms with Gasteiger partial charge in [0, 0.05) is 19.7 Å². The zero-order valence-electron chi connectivity index (χ0n) is 8.54. The Balaban J connectivity index is 2.05. The second-order valence-corrected chi connectivity index (χ2v) is 3.80. The fourth-order valence-electron chi connectivity index (χ4n) is 1.63. The second-order valence-electron chi connectivity index (χ2n) is 3.80. The van der Waals surface area contributed by atoms with Gasteiger partial charge < -0.3 is 14.7 Å². The molecule has 1 aliphatic rings. The first-order chi connectivity index (χ1) is 6.29. The van der Waals surface area contributed by atoms with E-state index < -0.39 is 0 Å². The molecule has 0 radical (unpaired) electrons. The highest BCUT2D eigenvalue weighted by Crippen LogP contribution is 2.03. The lowest BCUT2D eigenvalue weighted by molar-refractivity contribution is 0.138. The van der Waals surface area contributed by atoms with E-state index in [0.29, 0.717) is 0 Å². The molecule has 1 atom stereocenters. The normalized spacial score (nSPS) is 22.6. The fraction of sp³-hybridized carbons (Fsp3) is 1.00. The first-order valence-electron chi connectivity index (χ1n) is 5.27. The van der Waals surface area contributed by atoms with Crippen LogP contribution in [-0.2, 0) is 4.74 Å². The first-order valence-corrected chi connectivity index (χ1v) is 5.27. The number of hydrogen-bond acceptors (Lipinski definition) is 3. The predicted molar refractivity (Wildman–Crippen MR) is 52.8 cm³/mol. The van der Waals surface area contributed by atoms with Gasteiger partial charge in [-0.2, -0.15) is 0 Å². The van der Waals surface area contributed by atoms with Crippen LogP contribution in [0.1, 0.15) is 26.2 Å². The van der Waals surface area contributed by atoms with Gasteiger partial charge in [0.05, 0.1) is 12.7 Å². The summed E-state index contributed by atoms with van der Waals surface area (Å²) in [7, 11) is 0. The van der Waals surface area contributed by atoms with E-state index in [0.717, 1.165) is 52.1 Å². The molecule has 0 aromatic heterocycles. The van der Waals surface area contributed by atoms with Gasteiger partial charge in [-0.1, -0.05) is 0 Å². The summed E-state index contributed by atoms with van der Waals surface area (Å²) in [5, 5.41) is 9.09. The van der Waals surface area contributed by atoms with Crippen LogP contribution in [0.5, 0.6) is 0 Å². The summed E-state index contributed by atoms with van der Waals surface area (Å²) in [6.07, 6.45) is 3.01. The molecule has 0 saturated carbocycles. The first kappa shape index (κ1) is 11.0. The monoisotopic (exact) mass is 187 g/mol. The molecule has 0 bridgehead atoms. The molecular formula is C10H21NO2. The summed E-state index contributed by atoms with van der Waals surface area (Å²) in [4.78, 5) is 2.43. The Morgan fingerprint density at radius 1 is 1.38 bits per heavy atom. The zero-order valence-corrected chi connectivity index (χ0v) is 8.54. The summed E-state index contributed by atoms with van der Waals surface area (Å²) in [6, 6.07) is 0. The zero-order chi connectivity index (χ0) is 9.52. The molecule has 13 heavy (non-hydrogen) atoms. The highest BCUT2D eigenvalue weighted by molar-refractivity contribution is 4.61. The molecule has 0 spiro atoms. The molecular weight excluding hydrogens is 166 g/mol. The number of nitrogens with zero attached hydrogens (tertiary/aromatic N) is 1. The van der Waals surface area contributed by atoms with E-state index in [4.69, 9.17) is 9.84 Å². The largest absolute Gasteiger partial charge is 0.393 e. The summed E-state index contributed by atoms with van der Waals surface area (Å²) in [5.41, 5.74) is 0. The van der Waals surface area contributed by atoms with E-state index in [1.165, 1.54) is 0 Å². The summed E-state index contributed by atoms with van der Waals surface area (Å²) in [5.74, 6) is 0. The van der Waals surface area contributed by atoms with Crippen molar-refractivity contribution in [3.63, 3.8) is 0 Å². The molecule has 1 fully saturated rings. The molecule has 0 aromatic carbocycles. The molecule has 1 saturated heterocycles. The Morgan fingerprint density at radius 2 is 2.23 bits per heavy atom. The Bertz CT molecular complexity index is 120. The molecule has 78 valence electrons. The minimum atomic E-state index is -0.150. The van der Waals surface area contributed by atoms with Gasteiger partial charge in [0.15, 0.2) is 0 Å². The minimum Gasteiger partial charge on any atom is -0.393 e. The van der Waals surface area contributed by atoms with E-state index in [9.17, 15) is 0 Å². The van der Waals surface area contributed by atoms with Crippen molar-refractivity contribution in [1.82, 2.24) is 4.90 Å². The molecule has 0 aromatic rings. The molecule has 0 amide bonds. The maximum atomic E-state index is 9.09. The maximum Gasteiger partial charge on any atom is 0.0593 e.